The van der Waals surface area contributed by atoms with Crippen LogP contribution in [0.15, 0.2) is 0 Å². The quantitative estimate of drug-likeness (QED) is 0.706. The van der Waals surface area contributed by atoms with Gasteiger partial charge in [-0.15, -0.1) is 0 Å². The van der Waals surface area contributed by atoms with Crippen molar-refractivity contribution in [3.05, 3.63) is 0 Å². The van der Waals surface area contributed by atoms with Gasteiger partial charge in [0, 0.05) is 19.1 Å². The van der Waals surface area contributed by atoms with Crippen LogP contribution >= 0.6 is 0 Å². The predicted molar refractivity (Wildman–Crippen MR) is 60.1 cm³/mol. The van der Waals surface area contributed by atoms with Crippen LogP contribution in [0.5, 0.6) is 0 Å². The molecule has 0 radical (unpaired) electrons. The zero-order chi connectivity index (χ0) is 11.0. The average Bonchev–Trinajstić information content (AvgIpc) is 2.73. The van der Waals surface area contributed by atoms with Crippen LogP contribution in [-0.2, 0) is 9.53 Å². The Hall–Kier alpha value is -0.610. The third-order valence-corrected chi connectivity index (χ3v) is 4.16. The minimum atomic E-state index is 0.0479. The molecule has 90 valence electrons. The Balaban J connectivity index is 1.60. The topological polar surface area (TPSA) is 41.6 Å². The fourth-order valence-electron chi connectivity index (χ4n) is 3.29. The van der Waals surface area contributed by atoms with E-state index in [1.807, 2.05) is 0 Å². The number of carbonyl (C=O) groups is 1. The Labute approximate surface area is 96.3 Å². The van der Waals surface area contributed by atoms with Crippen LogP contribution < -0.4 is 5.32 Å². The molecular formula is C12H20N2O2. The van der Waals surface area contributed by atoms with E-state index in [1.165, 1.54) is 32.1 Å². The van der Waals surface area contributed by atoms with E-state index < -0.39 is 0 Å². The van der Waals surface area contributed by atoms with Gasteiger partial charge in [0.15, 0.2) is 0 Å². The van der Waals surface area contributed by atoms with Crippen LogP contribution in [0.3, 0.4) is 0 Å². The Morgan fingerprint density at radius 3 is 2.81 bits per heavy atom. The van der Waals surface area contributed by atoms with E-state index >= 15 is 0 Å². The molecule has 0 bridgehead atoms. The van der Waals surface area contributed by atoms with E-state index in [0.717, 1.165) is 19.1 Å². The Bertz CT molecular complexity index is 276. The lowest BCUT2D eigenvalue weighted by molar-refractivity contribution is -0.134. The first kappa shape index (κ1) is 10.5. The van der Waals surface area contributed by atoms with Crippen LogP contribution in [0.2, 0.25) is 0 Å². The molecule has 1 aliphatic carbocycles. The molecule has 1 N–H and O–H groups in total. The molecule has 3 aliphatic rings. The average molecular weight is 224 g/mol. The van der Waals surface area contributed by atoms with Gasteiger partial charge in [0.1, 0.15) is 6.61 Å². The summed E-state index contributed by atoms with van der Waals surface area (Å²) in [6.07, 6.45) is 7.01. The maximum absolute atomic E-state index is 11.2. The number of hydrogen-bond donors (Lipinski definition) is 1. The first-order valence-corrected chi connectivity index (χ1v) is 6.48. The summed E-state index contributed by atoms with van der Waals surface area (Å²) in [4.78, 5) is 13.8. The first-order chi connectivity index (χ1) is 7.83. The van der Waals surface area contributed by atoms with Crippen LogP contribution in [0.1, 0.15) is 32.1 Å². The summed E-state index contributed by atoms with van der Waals surface area (Å²) in [7, 11) is 0. The van der Waals surface area contributed by atoms with Crippen molar-refractivity contribution in [2.24, 2.45) is 0 Å². The van der Waals surface area contributed by atoms with E-state index in [1.54, 1.807) is 0 Å². The molecule has 0 unspecified atom stereocenters. The molecule has 2 heterocycles. The van der Waals surface area contributed by atoms with Gasteiger partial charge in [-0.25, -0.2) is 0 Å². The van der Waals surface area contributed by atoms with Crippen LogP contribution in [0.25, 0.3) is 0 Å². The van der Waals surface area contributed by atoms with Crippen LogP contribution in [-0.4, -0.2) is 48.7 Å². The highest BCUT2D eigenvalue weighted by Gasteiger charge is 2.40. The molecule has 1 amide bonds. The van der Waals surface area contributed by atoms with Gasteiger partial charge >= 0.3 is 0 Å². The van der Waals surface area contributed by atoms with Crippen molar-refractivity contribution < 1.29 is 9.53 Å². The number of ether oxygens (including phenoxy) is 1. The summed E-state index contributed by atoms with van der Waals surface area (Å²) in [5.74, 6) is 0.0479. The zero-order valence-corrected chi connectivity index (χ0v) is 9.65. The minimum Gasteiger partial charge on any atom is -0.365 e. The van der Waals surface area contributed by atoms with Gasteiger partial charge in [-0.1, -0.05) is 19.3 Å². The van der Waals surface area contributed by atoms with Gasteiger partial charge in [0.05, 0.1) is 12.1 Å². The summed E-state index contributed by atoms with van der Waals surface area (Å²) in [6.45, 7) is 2.25. The first-order valence-electron chi connectivity index (χ1n) is 6.48. The van der Waals surface area contributed by atoms with Gasteiger partial charge in [0.25, 0.3) is 0 Å². The maximum Gasteiger partial charge on any atom is 0.246 e. The number of hydrogen-bond acceptors (Lipinski definition) is 3. The van der Waals surface area contributed by atoms with Crippen molar-refractivity contribution in [3.63, 3.8) is 0 Å². The van der Waals surface area contributed by atoms with Crippen molar-refractivity contribution >= 4 is 5.91 Å². The molecule has 3 fully saturated rings. The SMILES string of the molecule is O=C1CO[C@@H]2CN(C3CCCCC3)C[C@@H]2N1. The number of carbonyl (C=O) groups excluding carboxylic acids is 1. The molecule has 2 aliphatic heterocycles. The highest BCUT2D eigenvalue weighted by Crippen LogP contribution is 2.27. The summed E-state index contributed by atoms with van der Waals surface area (Å²) >= 11 is 0. The molecule has 0 aromatic rings. The summed E-state index contributed by atoms with van der Waals surface area (Å²) in [6, 6.07) is 0.975. The molecule has 0 aromatic heterocycles. The van der Waals surface area contributed by atoms with Crippen molar-refractivity contribution in [1.82, 2.24) is 10.2 Å². The zero-order valence-electron chi connectivity index (χ0n) is 9.65. The predicted octanol–water partition coefficient (Wildman–Crippen LogP) is 0.518. The highest BCUT2D eigenvalue weighted by molar-refractivity contribution is 5.78. The Morgan fingerprint density at radius 1 is 1.19 bits per heavy atom. The third-order valence-electron chi connectivity index (χ3n) is 4.16. The van der Waals surface area contributed by atoms with E-state index in [-0.39, 0.29) is 24.7 Å². The largest absolute Gasteiger partial charge is 0.365 e. The number of nitrogens with zero attached hydrogens (tertiary/aromatic N) is 1. The van der Waals surface area contributed by atoms with E-state index in [9.17, 15) is 4.79 Å². The second-order valence-electron chi connectivity index (χ2n) is 5.27. The van der Waals surface area contributed by atoms with Crippen LogP contribution in [0.4, 0.5) is 0 Å². The van der Waals surface area contributed by atoms with Gasteiger partial charge in [-0.2, -0.15) is 0 Å². The Kier molecular flexibility index (Phi) is 2.86. The number of nitrogens with one attached hydrogen (secondary N) is 1. The molecule has 1 saturated carbocycles. The molecule has 0 spiro atoms. The summed E-state index contributed by atoms with van der Waals surface area (Å²) in [5.41, 5.74) is 0. The van der Waals surface area contributed by atoms with Gasteiger partial charge in [-0.05, 0) is 12.8 Å². The molecular weight excluding hydrogens is 204 g/mol. The fraction of sp³-hybridized carbons (Fsp3) is 0.917. The molecule has 3 rings (SSSR count). The number of amides is 1. The van der Waals surface area contributed by atoms with E-state index in [4.69, 9.17) is 4.74 Å². The summed E-state index contributed by atoms with van der Waals surface area (Å²) < 4.78 is 5.58. The minimum absolute atomic E-state index is 0.0479. The number of likely N-dealkylation sites (tertiary alicyclic amines) is 1. The molecule has 2 atom stereocenters. The lowest BCUT2D eigenvalue weighted by Gasteiger charge is -2.30. The lowest BCUT2D eigenvalue weighted by atomic mass is 9.94. The van der Waals surface area contributed by atoms with Crippen molar-refractivity contribution in [1.29, 1.82) is 0 Å². The van der Waals surface area contributed by atoms with Gasteiger partial charge in [-0.3, -0.25) is 9.69 Å². The van der Waals surface area contributed by atoms with Crippen molar-refractivity contribution in [2.45, 2.75) is 50.3 Å². The maximum atomic E-state index is 11.2. The van der Waals surface area contributed by atoms with E-state index in [2.05, 4.69) is 10.2 Å². The van der Waals surface area contributed by atoms with Crippen LogP contribution in [0, 0.1) is 0 Å². The van der Waals surface area contributed by atoms with Gasteiger partial charge < -0.3 is 10.1 Å². The van der Waals surface area contributed by atoms with Gasteiger partial charge in [0.2, 0.25) is 5.91 Å². The monoisotopic (exact) mass is 224 g/mol. The van der Waals surface area contributed by atoms with E-state index in [0.29, 0.717) is 0 Å². The second kappa shape index (κ2) is 4.34. The lowest BCUT2D eigenvalue weighted by Crippen LogP contribution is -2.51. The molecule has 2 saturated heterocycles. The molecule has 16 heavy (non-hydrogen) atoms. The molecule has 4 nitrogen and oxygen atoms in total. The smallest absolute Gasteiger partial charge is 0.246 e. The summed E-state index contributed by atoms with van der Waals surface area (Å²) in [5, 5.41) is 3.04. The number of morpholine rings is 1. The normalized spacial score (nSPS) is 37.1. The fourth-order valence-corrected chi connectivity index (χ4v) is 3.29. The highest BCUT2D eigenvalue weighted by atomic mass is 16.5. The number of fused-ring (bicyclic) bond motifs is 1. The van der Waals surface area contributed by atoms with Crippen molar-refractivity contribution in [3.8, 4) is 0 Å². The number of rotatable bonds is 1. The molecule has 0 aromatic carbocycles. The third kappa shape index (κ3) is 1.96. The standard InChI is InChI=1S/C12H20N2O2/c15-12-8-16-11-7-14(6-10(11)13-12)9-4-2-1-3-5-9/h9-11H,1-8H2,(H,13,15)/t10-,11+/m0/s1. The Morgan fingerprint density at radius 2 is 2.00 bits per heavy atom. The molecule has 4 heteroatoms. The van der Waals surface area contributed by atoms with Crippen molar-refractivity contribution in [2.75, 3.05) is 19.7 Å². The second-order valence-corrected chi connectivity index (χ2v) is 5.27.